The van der Waals surface area contributed by atoms with E-state index in [0.29, 0.717) is 25.4 Å². The molecule has 1 saturated carbocycles. The lowest BCUT2D eigenvalue weighted by molar-refractivity contribution is -0.108. The molecule has 3 nitrogen and oxygen atoms in total. The average Bonchev–Trinajstić information content (AvgIpc) is 2.32. The van der Waals surface area contributed by atoms with Crippen molar-refractivity contribution in [3.8, 4) is 0 Å². The van der Waals surface area contributed by atoms with Crippen molar-refractivity contribution in [3.63, 3.8) is 0 Å². The first-order valence-electron chi connectivity index (χ1n) is 6.26. The largest absolute Gasteiger partial charge is 0.396 e. The molecule has 2 rings (SSSR count). The van der Waals surface area contributed by atoms with Gasteiger partial charge in [-0.25, -0.2) is 0 Å². The van der Waals surface area contributed by atoms with Gasteiger partial charge in [0.05, 0.1) is 18.8 Å². The van der Waals surface area contributed by atoms with Crippen molar-refractivity contribution >= 4 is 0 Å². The first kappa shape index (κ1) is 12.6. The van der Waals surface area contributed by atoms with Crippen molar-refractivity contribution in [1.29, 1.82) is 0 Å². The van der Waals surface area contributed by atoms with E-state index in [1.54, 1.807) is 0 Å². The second-order valence-corrected chi connectivity index (χ2v) is 4.46. The molecular weight excluding hydrogens is 216 g/mol. The summed E-state index contributed by atoms with van der Waals surface area (Å²) in [6.45, 7) is 1.56. The van der Waals surface area contributed by atoms with Crippen LogP contribution in [-0.2, 0) is 16.1 Å². The summed E-state index contributed by atoms with van der Waals surface area (Å²) in [6.07, 6.45) is 3.37. The zero-order chi connectivity index (χ0) is 11.9. The van der Waals surface area contributed by atoms with Gasteiger partial charge in [-0.2, -0.15) is 0 Å². The molecule has 17 heavy (non-hydrogen) atoms. The van der Waals surface area contributed by atoms with Crippen LogP contribution in [0.4, 0.5) is 0 Å². The first-order valence-corrected chi connectivity index (χ1v) is 6.26. The van der Waals surface area contributed by atoms with Gasteiger partial charge in [-0.15, -0.1) is 0 Å². The summed E-state index contributed by atoms with van der Waals surface area (Å²) in [6, 6.07) is 10.2. The Kier molecular flexibility index (Phi) is 4.98. The quantitative estimate of drug-likeness (QED) is 0.737. The van der Waals surface area contributed by atoms with Crippen LogP contribution in [0.25, 0.3) is 0 Å². The van der Waals surface area contributed by atoms with Gasteiger partial charge in [-0.1, -0.05) is 30.3 Å². The van der Waals surface area contributed by atoms with Crippen LogP contribution >= 0.6 is 0 Å². The molecule has 3 heteroatoms. The third kappa shape index (κ3) is 4.11. The molecule has 0 radical (unpaired) electrons. The minimum atomic E-state index is 0.209. The second-order valence-electron chi connectivity index (χ2n) is 4.46. The monoisotopic (exact) mass is 236 g/mol. The number of rotatable bonds is 7. The van der Waals surface area contributed by atoms with E-state index >= 15 is 0 Å². The van der Waals surface area contributed by atoms with Gasteiger partial charge < -0.3 is 14.6 Å². The highest BCUT2D eigenvalue weighted by atomic mass is 16.5. The van der Waals surface area contributed by atoms with Gasteiger partial charge in [-0.05, 0) is 24.8 Å². The average molecular weight is 236 g/mol. The molecule has 0 unspecified atom stereocenters. The van der Waals surface area contributed by atoms with Gasteiger partial charge in [-0.3, -0.25) is 0 Å². The number of hydrogen-bond acceptors (Lipinski definition) is 3. The lowest BCUT2D eigenvalue weighted by atomic mass is 9.92. The van der Waals surface area contributed by atoms with E-state index in [2.05, 4.69) is 12.1 Å². The fourth-order valence-corrected chi connectivity index (χ4v) is 1.89. The van der Waals surface area contributed by atoms with Gasteiger partial charge in [0.2, 0.25) is 0 Å². The van der Waals surface area contributed by atoms with Crippen molar-refractivity contribution in [2.75, 3.05) is 13.2 Å². The zero-order valence-corrected chi connectivity index (χ0v) is 10.0. The molecule has 0 spiro atoms. The maximum Gasteiger partial charge on any atom is 0.0720 e. The summed E-state index contributed by atoms with van der Waals surface area (Å²) >= 11 is 0. The molecule has 1 fully saturated rings. The maximum atomic E-state index is 8.63. The van der Waals surface area contributed by atoms with Gasteiger partial charge >= 0.3 is 0 Å². The van der Waals surface area contributed by atoms with Crippen molar-refractivity contribution in [2.45, 2.75) is 38.1 Å². The van der Waals surface area contributed by atoms with E-state index in [1.165, 1.54) is 5.56 Å². The highest BCUT2D eigenvalue weighted by molar-refractivity contribution is 5.13. The molecule has 0 aromatic heterocycles. The van der Waals surface area contributed by atoms with Crippen LogP contribution in [0, 0.1) is 0 Å². The highest BCUT2D eigenvalue weighted by Gasteiger charge is 2.30. The number of ether oxygens (including phenoxy) is 2. The maximum absolute atomic E-state index is 8.63. The molecule has 94 valence electrons. The zero-order valence-electron chi connectivity index (χ0n) is 10.0. The molecule has 1 aromatic carbocycles. The van der Waals surface area contributed by atoms with E-state index in [4.69, 9.17) is 14.6 Å². The fraction of sp³-hybridized carbons (Fsp3) is 0.571. The number of aliphatic hydroxyl groups is 1. The number of hydrogen-bond donors (Lipinski definition) is 1. The molecule has 1 aromatic rings. The van der Waals surface area contributed by atoms with Gasteiger partial charge in [0, 0.05) is 13.2 Å². The Morgan fingerprint density at radius 3 is 2.47 bits per heavy atom. The van der Waals surface area contributed by atoms with Crippen molar-refractivity contribution in [3.05, 3.63) is 35.9 Å². The van der Waals surface area contributed by atoms with Crippen molar-refractivity contribution in [2.24, 2.45) is 0 Å². The molecule has 1 aliphatic rings. The first-order chi connectivity index (χ1) is 8.38. The van der Waals surface area contributed by atoms with Crippen molar-refractivity contribution < 1.29 is 14.6 Å². The summed E-state index contributed by atoms with van der Waals surface area (Å²) in [7, 11) is 0. The Bertz CT molecular complexity index is 307. The molecule has 0 bridgehead atoms. The summed E-state index contributed by atoms with van der Waals surface area (Å²) in [5, 5.41) is 8.63. The summed E-state index contributed by atoms with van der Waals surface area (Å²) < 4.78 is 11.3. The third-order valence-electron chi connectivity index (χ3n) is 3.04. The summed E-state index contributed by atoms with van der Waals surface area (Å²) in [4.78, 5) is 0. The van der Waals surface area contributed by atoms with Gasteiger partial charge in [0.15, 0.2) is 0 Å². The van der Waals surface area contributed by atoms with Crippen LogP contribution in [0.3, 0.4) is 0 Å². The molecular formula is C14H20O3. The van der Waals surface area contributed by atoms with Crippen LogP contribution in [0.5, 0.6) is 0 Å². The minimum Gasteiger partial charge on any atom is -0.396 e. The second kappa shape index (κ2) is 6.74. The Hall–Kier alpha value is -0.900. The number of aliphatic hydroxyl groups excluding tert-OH is 1. The van der Waals surface area contributed by atoms with Crippen LogP contribution < -0.4 is 0 Å². The molecule has 0 aliphatic heterocycles. The fourth-order valence-electron chi connectivity index (χ4n) is 1.89. The Morgan fingerprint density at radius 1 is 1.06 bits per heavy atom. The molecule has 0 atom stereocenters. The van der Waals surface area contributed by atoms with Crippen molar-refractivity contribution in [1.82, 2.24) is 0 Å². The standard InChI is InChI=1S/C14H20O3/c15-7-4-8-16-13-9-14(10-13)17-11-12-5-2-1-3-6-12/h1-3,5-6,13-15H,4,7-11H2. The summed E-state index contributed by atoms with van der Waals surface area (Å²) in [5.74, 6) is 0. The molecule has 0 heterocycles. The predicted octanol–water partition coefficient (Wildman–Crippen LogP) is 2.13. The van der Waals surface area contributed by atoms with E-state index < -0.39 is 0 Å². The minimum absolute atomic E-state index is 0.209. The van der Waals surface area contributed by atoms with E-state index in [-0.39, 0.29) is 6.61 Å². The molecule has 1 aliphatic carbocycles. The highest BCUT2D eigenvalue weighted by Crippen LogP contribution is 2.27. The lowest BCUT2D eigenvalue weighted by Crippen LogP contribution is -2.37. The summed E-state index contributed by atoms with van der Waals surface area (Å²) in [5.41, 5.74) is 1.22. The van der Waals surface area contributed by atoms with E-state index in [0.717, 1.165) is 19.3 Å². The SMILES string of the molecule is OCCCOC1CC(OCc2ccccc2)C1. The van der Waals surface area contributed by atoms with Crippen LogP contribution in [0.1, 0.15) is 24.8 Å². The van der Waals surface area contributed by atoms with E-state index in [9.17, 15) is 0 Å². The Morgan fingerprint density at radius 2 is 1.76 bits per heavy atom. The number of benzene rings is 1. The van der Waals surface area contributed by atoms with Gasteiger partial charge in [0.1, 0.15) is 0 Å². The molecule has 0 amide bonds. The third-order valence-corrected chi connectivity index (χ3v) is 3.04. The Balaban J connectivity index is 1.55. The molecule has 0 saturated heterocycles. The predicted molar refractivity (Wildman–Crippen MR) is 65.7 cm³/mol. The van der Waals surface area contributed by atoms with Crippen LogP contribution in [-0.4, -0.2) is 30.5 Å². The lowest BCUT2D eigenvalue weighted by Gasteiger charge is -2.34. The van der Waals surface area contributed by atoms with Crippen LogP contribution in [0.2, 0.25) is 0 Å². The van der Waals surface area contributed by atoms with Gasteiger partial charge in [0.25, 0.3) is 0 Å². The smallest absolute Gasteiger partial charge is 0.0720 e. The topological polar surface area (TPSA) is 38.7 Å². The normalized spacial score (nSPS) is 23.4. The van der Waals surface area contributed by atoms with E-state index in [1.807, 2.05) is 18.2 Å². The Labute approximate surface area is 102 Å². The molecule has 1 N–H and O–H groups in total. The van der Waals surface area contributed by atoms with Crippen LogP contribution in [0.15, 0.2) is 30.3 Å².